The van der Waals surface area contributed by atoms with Crippen LogP contribution in [-0.4, -0.2) is 41.4 Å². The third-order valence-electron chi connectivity index (χ3n) is 8.90. The number of nitrogens with zero attached hydrogens (tertiary/aromatic N) is 3. The molecule has 1 aromatic carbocycles. The third kappa shape index (κ3) is 4.31. The maximum Gasteiger partial charge on any atom is 0.339 e. The number of hydrogen-bond donors (Lipinski definition) is 0. The molecule has 0 amide bonds. The SMILES string of the molecule is COC(=O)c1cnc(N2C3CC[C@H]2C[C@H](OCc2c(-c4ccccc4C)noc2C2CC2)C3)c(C2CC2)c1. The number of aromatic nitrogens is 2. The number of anilines is 1. The van der Waals surface area contributed by atoms with Gasteiger partial charge in [0.15, 0.2) is 0 Å². The van der Waals surface area contributed by atoms with E-state index >= 15 is 0 Å². The second-order valence-corrected chi connectivity index (χ2v) is 11.6. The van der Waals surface area contributed by atoms with E-state index in [2.05, 4.69) is 41.2 Å². The Balaban J connectivity index is 1.10. The molecular weight excluding hydrogens is 478 g/mol. The quantitative estimate of drug-likeness (QED) is 0.327. The van der Waals surface area contributed by atoms with Crippen LogP contribution in [0.25, 0.3) is 11.3 Å². The standard InChI is InChI=1S/C31H35N3O4/c1-18-5-3-4-6-25(18)28-27(29(38-33-28)20-9-10-20)17-37-24-14-22-11-12-23(15-24)34(22)30-26(19-7-8-19)13-21(16-32-30)31(35)36-2/h3-6,13,16,19-20,22-24H,7-12,14-15,17H2,1-2H3/t22-,23?,24-/m0/s1. The smallest absolute Gasteiger partial charge is 0.339 e. The van der Waals surface area contributed by atoms with E-state index in [1.165, 1.54) is 43.9 Å². The van der Waals surface area contributed by atoms with Crippen molar-refractivity contribution < 1.29 is 18.8 Å². The number of ether oxygens (including phenoxy) is 2. The number of piperidine rings is 1. The summed E-state index contributed by atoms with van der Waals surface area (Å²) in [6.07, 6.45) is 10.9. The van der Waals surface area contributed by atoms with Crippen molar-refractivity contribution >= 4 is 11.8 Å². The molecule has 7 rings (SSSR count). The van der Waals surface area contributed by atoms with Crippen LogP contribution < -0.4 is 4.90 Å². The molecule has 2 saturated carbocycles. The fraction of sp³-hybridized carbons (Fsp3) is 0.516. The van der Waals surface area contributed by atoms with Gasteiger partial charge in [-0.05, 0) is 81.4 Å². The average Bonchev–Trinajstić information content (AvgIpc) is 3.87. The summed E-state index contributed by atoms with van der Waals surface area (Å²) in [7, 11) is 1.43. The molecule has 1 unspecified atom stereocenters. The van der Waals surface area contributed by atoms with E-state index in [1.54, 1.807) is 6.20 Å². The average molecular weight is 514 g/mol. The van der Waals surface area contributed by atoms with E-state index in [-0.39, 0.29) is 12.1 Å². The fourth-order valence-electron chi connectivity index (χ4n) is 6.60. The van der Waals surface area contributed by atoms with Crippen LogP contribution >= 0.6 is 0 Å². The van der Waals surface area contributed by atoms with E-state index in [1.807, 2.05) is 6.07 Å². The van der Waals surface area contributed by atoms with E-state index in [0.717, 1.165) is 54.1 Å². The molecule has 7 nitrogen and oxygen atoms in total. The predicted octanol–water partition coefficient (Wildman–Crippen LogP) is 6.30. The summed E-state index contributed by atoms with van der Waals surface area (Å²) in [6.45, 7) is 2.67. The number of carbonyl (C=O) groups is 1. The van der Waals surface area contributed by atoms with Crippen LogP contribution in [0, 0.1) is 6.92 Å². The first kappa shape index (κ1) is 23.9. The minimum Gasteiger partial charge on any atom is -0.465 e. The van der Waals surface area contributed by atoms with E-state index in [4.69, 9.17) is 19.0 Å². The Morgan fingerprint density at radius 2 is 1.79 bits per heavy atom. The first-order valence-electron chi connectivity index (χ1n) is 14.1. The lowest BCUT2D eigenvalue weighted by atomic mass is 9.97. The lowest BCUT2D eigenvalue weighted by Gasteiger charge is -2.40. The van der Waals surface area contributed by atoms with Crippen molar-refractivity contribution in [2.75, 3.05) is 12.0 Å². The predicted molar refractivity (Wildman–Crippen MR) is 143 cm³/mol. The molecule has 0 radical (unpaired) electrons. The molecular formula is C31H35N3O4. The highest BCUT2D eigenvalue weighted by Gasteiger charge is 2.44. The molecule has 4 aliphatic rings. The van der Waals surface area contributed by atoms with Crippen LogP contribution in [0.5, 0.6) is 0 Å². The van der Waals surface area contributed by atoms with Gasteiger partial charge >= 0.3 is 5.97 Å². The normalized spacial score (nSPS) is 24.6. The molecule has 7 heteroatoms. The van der Waals surface area contributed by atoms with Gasteiger partial charge < -0.3 is 18.9 Å². The molecule has 2 aliphatic heterocycles. The number of pyridine rings is 1. The highest BCUT2D eigenvalue weighted by Crippen LogP contribution is 2.49. The zero-order chi connectivity index (χ0) is 25.8. The molecule has 38 heavy (non-hydrogen) atoms. The summed E-state index contributed by atoms with van der Waals surface area (Å²) < 4.78 is 17.5. The summed E-state index contributed by atoms with van der Waals surface area (Å²) in [6, 6.07) is 11.2. The molecule has 198 valence electrons. The van der Waals surface area contributed by atoms with Crippen LogP contribution in [0.3, 0.4) is 0 Å². The van der Waals surface area contributed by atoms with Crippen LogP contribution in [0.4, 0.5) is 5.82 Å². The number of esters is 1. The number of rotatable bonds is 8. The van der Waals surface area contributed by atoms with Crippen LogP contribution in [-0.2, 0) is 16.1 Å². The Labute approximate surface area is 223 Å². The van der Waals surface area contributed by atoms with Crippen molar-refractivity contribution in [2.24, 2.45) is 0 Å². The summed E-state index contributed by atoms with van der Waals surface area (Å²) in [5.74, 6) is 2.77. The summed E-state index contributed by atoms with van der Waals surface area (Å²) in [5, 5.41) is 4.52. The molecule has 4 fully saturated rings. The summed E-state index contributed by atoms with van der Waals surface area (Å²) >= 11 is 0. The van der Waals surface area contributed by atoms with Crippen LogP contribution in [0.1, 0.15) is 96.0 Å². The Hall–Kier alpha value is -3.19. The number of fused-ring (bicyclic) bond motifs is 2. The first-order chi connectivity index (χ1) is 18.6. The molecule has 0 spiro atoms. The van der Waals surface area contributed by atoms with Gasteiger partial charge in [-0.15, -0.1) is 0 Å². The Morgan fingerprint density at radius 3 is 2.47 bits per heavy atom. The summed E-state index contributed by atoms with van der Waals surface area (Å²) in [4.78, 5) is 19.5. The second-order valence-electron chi connectivity index (χ2n) is 11.6. The fourth-order valence-corrected chi connectivity index (χ4v) is 6.60. The van der Waals surface area contributed by atoms with Gasteiger partial charge in [-0.25, -0.2) is 9.78 Å². The lowest BCUT2D eigenvalue weighted by molar-refractivity contribution is 0.0145. The minimum absolute atomic E-state index is 0.203. The van der Waals surface area contributed by atoms with Crippen molar-refractivity contribution in [2.45, 2.75) is 94.9 Å². The van der Waals surface area contributed by atoms with Gasteiger partial charge in [0, 0.05) is 35.3 Å². The molecule has 2 aliphatic carbocycles. The Kier molecular flexibility index (Phi) is 5.99. The van der Waals surface area contributed by atoms with Crippen LogP contribution in [0.15, 0.2) is 41.1 Å². The molecule has 0 N–H and O–H groups in total. The van der Waals surface area contributed by atoms with Gasteiger partial charge in [-0.1, -0.05) is 29.4 Å². The van der Waals surface area contributed by atoms with Crippen molar-refractivity contribution in [1.29, 1.82) is 0 Å². The highest BCUT2D eigenvalue weighted by atomic mass is 16.5. The Bertz CT molecular complexity index is 1340. The maximum absolute atomic E-state index is 12.1. The number of hydrogen-bond acceptors (Lipinski definition) is 7. The molecule has 3 atom stereocenters. The second kappa shape index (κ2) is 9.53. The number of methoxy groups -OCH3 is 1. The largest absolute Gasteiger partial charge is 0.465 e. The number of aryl methyl sites for hydroxylation is 1. The van der Waals surface area contributed by atoms with Crippen molar-refractivity contribution in [3.8, 4) is 11.3 Å². The van der Waals surface area contributed by atoms with Crippen molar-refractivity contribution in [1.82, 2.24) is 10.1 Å². The zero-order valence-electron chi connectivity index (χ0n) is 22.2. The van der Waals surface area contributed by atoms with E-state index in [9.17, 15) is 4.79 Å². The van der Waals surface area contributed by atoms with Gasteiger partial charge in [0.25, 0.3) is 0 Å². The van der Waals surface area contributed by atoms with E-state index in [0.29, 0.717) is 36.1 Å². The van der Waals surface area contributed by atoms with Gasteiger partial charge in [-0.3, -0.25) is 0 Å². The van der Waals surface area contributed by atoms with E-state index < -0.39 is 0 Å². The minimum atomic E-state index is -0.314. The maximum atomic E-state index is 12.1. The van der Waals surface area contributed by atoms with Gasteiger partial charge in [0.05, 0.1) is 25.4 Å². The molecule has 2 aromatic heterocycles. The summed E-state index contributed by atoms with van der Waals surface area (Å²) in [5.41, 5.74) is 6.17. The highest BCUT2D eigenvalue weighted by molar-refractivity contribution is 5.89. The monoisotopic (exact) mass is 513 g/mol. The molecule has 3 aromatic rings. The molecule has 2 saturated heterocycles. The van der Waals surface area contributed by atoms with Crippen molar-refractivity contribution in [3.63, 3.8) is 0 Å². The molecule has 2 bridgehead atoms. The Morgan fingerprint density at radius 1 is 1.05 bits per heavy atom. The first-order valence-corrected chi connectivity index (χ1v) is 14.1. The number of benzene rings is 1. The topological polar surface area (TPSA) is 77.7 Å². The van der Waals surface area contributed by atoms with Crippen LogP contribution in [0.2, 0.25) is 0 Å². The van der Waals surface area contributed by atoms with Gasteiger partial charge in [0.2, 0.25) is 0 Å². The van der Waals surface area contributed by atoms with Gasteiger partial charge in [0.1, 0.15) is 17.3 Å². The zero-order valence-corrected chi connectivity index (χ0v) is 22.2. The van der Waals surface area contributed by atoms with Crippen molar-refractivity contribution in [3.05, 3.63) is 64.5 Å². The number of carbonyl (C=O) groups excluding carboxylic acids is 1. The van der Waals surface area contributed by atoms with Gasteiger partial charge in [-0.2, -0.15) is 0 Å². The lowest BCUT2D eigenvalue weighted by Crippen LogP contribution is -2.46. The third-order valence-corrected chi connectivity index (χ3v) is 8.90. The molecule has 4 heterocycles.